The number of carbonyl (C=O) groups excluding carboxylic acids is 1. The Kier molecular flexibility index (Phi) is 3.76. The Morgan fingerprint density at radius 1 is 1.22 bits per heavy atom. The van der Waals surface area contributed by atoms with E-state index in [-0.39, 0.29) is 11.7 Å². The highest BCUT2D eigenvalue weighted by Gasteiger charge is 2.52. The number of rotatable bonds is 2. The number of benzene rings is 2. The number of urea groups is 1. The monoisotopic (exact) mass is 378 g/mol. The predicted octanol–water partition coefficient (Wildman–Crippen LogP) is 4.48. The van der Waals surface area contributed by atoms with E-state index in [9.17, 15) is 18.0 Å². The van der Waals surface area contributed by atoms with Crippen LogP contribution < -0.4 is 19.7 Å². The zero-order valence-electron chi connectivity index (χ0n) is 14.6. The molecule has 0 radical (unpaired) electrons. The molecule has 27 heavy (non-hydrogen) atoms. The average molecular weight is 378 g/mol. The third-order valence-electron chi connectivity index (χ3n) is 4.93. The van der Waals surface area contributed by atoms with E-state index >= 15 is 0 Å². The zero-order chi connectivity index (χ0) is 19.4. The van der Waals surface area contributed by atoms with Gasteiger partial charge in [0, 0.05) is 12.0 Å². The number of alkyl halides is 3. The molecule has 0 saturated carbocycles. The zero-order valence-corrected chi connectivity index (χ0v) is 14.6. The Labute approximate surface area is 153 Å². The summed E-state index contributed by atoms with van der Waals surface area (Å²) < 4.78 is 52.0. The summed E-state index contributed by atoms with van der Waals surface area (Å²) in [5.41, 5.74) is -1.70. The lowest BCUT2D eigenvalue weighted by atomic mass is 9.89. The highest BCUT2D eigenvalue weighted by molar-refractivity contribution is 5.95. The number of amides is 2. The number of anilines is 1. The van der Waals surface area contributed by atoms with Gasteiger partial charge in [-0.25, -0.2) is 4.79 Å². The summed E-state index contributed by atoms with van der Waals surface area (Å²) in [5.74, 6) is 0.886. The summed E-state index contributed by atoms with van der Waals surface area (Å²) in [7, 11) is 1.49. The Morgan fingerprint density at radius 2 is 1.96 bits per heavy atom. The molecule has 5 nitrogen and oxygen atoms in total. The van der Waals surface area contributed by atoms with Crippen LogP contribution >= 0.6 is 0 Å². The smallest absolute Gasteiger partial charge is 0.418 e. The fourth-order valence-corrected chi connectivity index (χ4v) is 3.79. The first-order valence-corrected chi connectivity index (χ1v) is 8.37. The Balaban J connectivity index is 1.86. The predicted molar refractivity (Wildman–Crippen MR) is 91.8 cm³/mol. The molecule has 142 valence electrons. The normalized spacial score (nSPS) is 24.0. The van der Waals surface area contributed by atoms with Crippen LogP contribution in [0.2, 0.25) is 0 Å². The number of carbonyl (C=O) groups is 1. The van der Waals surface area contributed by atoms with Gasteiger partial charge in [0.05, 0.1) is 24.4 Å². The molecular formula is C19H17F3N2O3. The van der Waals surface area contributed by atoms with E-state index in [1.807, 2.05) is 6.07 Å². The van der Waals surface area contributed by atoms with Crippen molar-refractivity contribution >= 4 is 11.7 Å². The molecule has 0 aliphatic carbocycles. The van der Waals surface area contributed by atoms with E-state index in [0.29, 0.717) is 17.9 Å². The van der Waals surface area contributed by atoms with Gasteiger partial charge in [0.15, 0.2) is 17.2 Å². The van der Waals surface area contributed by atoms with Crippen LogP contribution in [-0.2, 0) is 6.18 Å². The molecule has 8 heteroatoms. The molecule has 0 aromatic heterocycles. The molecule has 0 spiro atoms. The third kappa shape index (κ3) is 2.67. The molecular weight excluding hydrogens is 361 g/mol. The van der Waals surface area contributed by atoms with E-state index < -0.39 is 23.5 Å². The highest BCUT2D eigenvalue weighted by Crippen LogP contribution is 2.50. The topological polar surface area (TPSA) is 50.8 Å². The first kappa shape index (κ1) is 17.5. The maximum atomic E-state index is 13.5. The number of hydrogen-bond donors (Lipinski definition) is 1. The molecule has 2 heterocycles. The van der Waals surface area contributed by atoms with Crippen molar-refractivity contribution in [3.63, 3.8) is 0 Å². The number of fused-ring (bicyclic) bond motifs is 4. The van der Waals surface area contributed by atoms with Gasteiger partial charge in [-0.1, -0.05) is 24.3 Å². The average Bonchev–Trinajstić information content (AvgIpc) is 2.60. The van der Waals surface area contributed by atoms with Crippen molar-refractivity contribution < 1.29 is 27.4 Å². The lowest BCUT2D eigenvalue weighted by molar-refractivity contribution is -0.137. The van der Waals surface area contributed by atoms with E-state index in [2.05, 4.69) is 5.32 Å². The van der Waals surface area contributed by atoms with Crippen LogP contribution in [0, 0.1) is 0 Å². The van der Waals surface area contributed by atoms with Crippen LogP contribution in [0.25, 0.3) is 0 Å². The number of nitrogens with zero attached hydrogens (tertiary/aromatic N) is 1. The number of methoxy groups -OCH3 is 1. The maximum absolute atomic E-state index is 13.5. The second kappa shape index (κ2) is 5.80. The molecule has 2 aliphatic heterocycles. The number of nitrogens with one attached hydrogen (secondary N) is 1. The van der Waals surface area contributed by atoms with Gasteiger partial charge in [-0.15, -0.1) is 0 Å². The van der Waals surface area contributed by atoms with Gasteiger partial charge in [0.25, 0.3) is 0 Å². The molecule has 2 aromatic rings. The van der Waals surface area contributed by atoms with Crippen molar-refractivity contribution in [1.82, 2.24) is 5.32 Å². The lowest BCUT2D eigenvalue weighted by Gasteiger charge is -2.51. The Hall–Kier alpha value is -2.90. The van der Waals surface area contributed by atoms with Crippen LogP contribution in [0.5, 0.6) is 11.5 Å². The van der Waals surface area contributed by atoms with Gasteiger partial charge in [-0.3, -0.25) is 4.90 Å². The third-order valence-corrected chi connectivity index (χ3v) is 4.93. The van der Waals surface area contributed by atoms with Gasteiger partial charge >= 0.3 is 12.2 Å². The molecule has 0 unspecified atom stereocenters. The maximum Gasteiger partial charge on any atom is 0.418 e. The fourth-order valence-electron chi connectivity index (χ4n) is 3.79. The van der Waals surface area contributed by atoms with Gasteiger partial charge < -0.3 is 14.8 Å². The molecule has 2 amide bonds. The van der Waals surface area contributed by atoms with Crippen molar-refractivity contribution in [1.29, 1.82) is 0 Å². The van der Waals surface area contributed by atoms with Crippen LogP contribution in [0.15, 0.2) is 42.5 Å². The van der Waals surface area contributed by atoms with E-state index in [0.717, 1.165) is 16.5 Å². The second-order valence-electron chi connectivity index (χ2n) is 6.71. The van der Waals surface area contributed by atoms with E-state index in [4.69, 9.17) is 9.47 Å². The van der Waals surface area contributed by atoms with Gasteiger partial charge in [0.2, 0.25) is 0 Å². The summed E-state index contributed by atoms with van der Waals surface area (Å²) in [4.78, 5) is 13.8. The second-order valence-corrected chi connectivity index (χ2v) is 6.71. The minimum absolute atomic E-state index is 0.248. The van der Waals surface area contributed by atoms with Crippen molar-refractivity contribution in [3.05, 3.63) is 53.6 Å². The van der Waals surface area contributed by atoms with Crippen LogP contribution in [0.1, 0.15) is 30.5 Å². The first-order valence-electron chi connectivity index (χ1n) is 8.37. The van der Waals surface area contributed by atoms with Crippen molar-refractivity contribution in [3.8, 4) is 11.5 Å². The first-order chi connectivity index (χ1) is 12.7. The molecule has 2 aromatic carbocycles. The van der Waals surface area contributed by atoms with Crippen molar-refractivity contribution in [2.24, 2.45) is 0 Å². The fraction of sp³-hybridized carbons (Fsp3) is 0.316. The highest BCUT2D eigenvalue weighted by atomic mass is 19.4. The molecule has 1 saturated heterocycles. The van der Waals surface area contributed by atoms with Crippen molar-refractivity contribution in [2.45, 2.75) is 31.3 Å². The van der Waals surface area contributed by atoms with E-state index in [1.165, 1.54) is 25.3 Å². The van der Waals surface area contributed by atoms with Gasteiger partial charge in [0.1, 0.15) is 0 Å². The summed E-state index contributed by atoms with van der Waals surface area (Å²) in [6.45, 7) is 1.61. The molecule has 2 atom stereocenters. The Bertz CT molecular complexity index is 915. The van der Waals surface area contributed by atoms with Crippen LogP contribution in [0.3, 0.4) is 0 Å². The molecule has 1 N–H and O–H groups in total. The SMILES string of the molecule is COc1cccc2c1O[C@]1(C)C[C@@H]2NC(=O)N1c1ccccc1C(F)(F)F. The summed E-state index contributed by atoms with van der Waals surface area (Å²) >= 11 is 0. The Morgan fingerprint density at radius 3 is 2.67 bits per heavy atom. The largest absolute Gasteiger partial charge is 0.493 e. The molecule has 4 rings (SSSR count). The number of hydrogen-bond acceptors (Lipinski definition) is 3. The number of halogens is 3. The van der Waals surface area contributed by atoms with Gasteiger partial charge in [-0.05, 0) is 25.1 Å². The lowest BCUT2D eigenvalue weighted by Crippen LogP contribution is -2.65. The number of ether oxygens (including phenoxy) is 2. The molecule has 2 aliphatic rings. The minimum Gasteiger partial charge on any atom is -0.493 e. The van der Waals surface area contributed by atoms with Gasteiger partial charge in [-0.2, -0.15) is 13.2 Å². The number of para-hydroxylation sites is 2. The van der Waals surface area contributed by atoms with Crippen LogP contribution in [0.4, 0.5) is 23.7 Å². The van der Waals surface area contributed by atoms with E-state index in [1.54, 1.807) is 19.1 Å². The summed E-state index contributed by atoms with van der Waals surface area (Å²) in [6.07, 6.45) is -4.31. The standard InChI is InChI=1S/C19H17F3N2O3/c1-18-10-13(11-6-5-9-15(26-2)16(11)27-18)23-17(25)24(18)14-8-4-3-7-12(14)19(20,21)22/h3-9,13H,10H2,1-2H3,(H,23,25)/t13-,18+/m0/s1. The van der Waals surface area contributed by atoms with Crippen LogP contribution in [-0.4, -0.2) is 18.9 Å². The summed E-state index contributed by atoms with van der Waals surface area (Å²) in [6, 6.07) is 9.26. The van der Waals surface area contributed by atoms with Crippen molar-refractivity contribution in [2.75, 3.05) is 12.0 Å². The summed E-state index contributed by atoms with van der Waals surface area (Å²) in [5, 5.41) is 2.79. The molecule has 2 bridgehead atoms. The minimum atomic E-state index is -4.60. The molecule has 1 fully saturated rings. The quantitative estimate of drug-likeness (QED) is 0.838.